The maximum atomic E-state index is 12.1. The molecule has 0 fully saturated rings. The van der Waals surface area contributed by atoms with Crippen LogP contribution >= 0.6 is 0 Å². The first kappa shape index (κ1) is 21.0. The van der Waals surface area contributed by atoms with Gasteiger partial charge in [0.15, 0.2) is 0 Å². The zero-order valence-corrected chi connectivity index (χ0v) is 16.9. The Kier molecular flexibility index (Phi) is 8.34. The van der Waals surface area contributed by atoms with Gasteiger partial charge in [-0.1, -0.05) is 30.3 Å². The van der Waals surface area contributed by atoms with Crippen LogP contribution in [0.5, 0.6) is 5.75 Å². The number of benzene rings is 2. The number of nitrogens with zero attached hydrogens (tertiary/aromatic N) is 1. The number of amides is 1. The van der Waals surface area contributed by atoms with E-state index in [1.165, 1.54) is 12.0 Å². The van der Waals surface area contributed by atoms with E-state index in [9.17, 15) is 4.79 Å². The monoisotopic (exact) mass is 369 g/mol. The molecule has 2 aromatic carbocycles. The van der Waals surface area contributed by atoms with Gasteiger partial charge in [-0.25, -0.2) is 0 Å². The van der Waals surface area contributed by atoms with Crippen LogP contribution in [0, 0.1) is 0 Å². The number of quaternary nitrogens is 1. The largest absolute Gasteiger partial charge is 0.494 e. The van der Waals surface area contributed by atoms with Crippen LogP contribution in [-0.4, -0.2) is 51.2 Å². The van der Waals surface area contributed by atoms with Crippen molar-refractivity contribution in [1.82, 2.24) is 5.32 Å². The Bertz CT molecular complexity index is 676. The Morgan fingerprint density at radius 2 is 1.63 bits per heavy atom. The van der Waals surface area contributed by atoms with E-state index in [1.54, 1.807) is 0 Å². The van der Waals surface area contributed by atoms with Crippen LogP contribution in [0.25, 0.3) is 0 Å². The molecular weight excluding hydrogens is 336 g/mol. The average molecular weight is 370 g/mol. The van der Waals surface area contributed by atoms with Gasteiger partial charge in [0.05, 0.1) is 40.8 Å². The second kappa shape index (κ2) is 10.7. The van der Waals surface area contributed by atoms with Crippen molar-refractivity contribution in [1.29, 1.82) is 0 Å². The van der Waals surface area contributed by atoms with Crippen molar-refractivity contribution in [2.75, 3.05) is 40.8 Å². The van der Waals surface area contributed by atoms with Crippen LogP contribution in [0.1, 0.15) is 35.2 Å². The highest BCUT2D eigenvalue weighted by atomic mass is 16.5. The molecule has 146 valence electrons. The first-order chi connectivity index (χ1) is 12.9. The van der Waals surface area contributed by atoms with E-state index in [-0.39, 0.29) is 5.91 Å². The molecule has 0 spiro atoms. The van der Waals surface area contributed by atoms with Crippen molar-refractivity contribution in [2.24, 2.45) is 0 Å². The van der Waals surface area contributed by atoms with E-state index >= 15 is 0 Å². The van der Waals surface area contributed by atoms with Crippen molar-refractivity contribution in [3.63, 3.8) is 0 Å². The number of carbonyl (C=O) groups excluding carboxylic acids is 1. The van der Waals surface area contributed by atoms with Gasteiger partial charge in [-0.2, -0.15) is 0 Å². The summed E-state index contributed by atoms with van der Waals surface area (Å²) in [6.45, 7) is 2.28. The summed E-state index contributed by atoms with van der Waals surface area (Å²) < 4.78 is 6.62. The molecule has 0 radical (unpaired) electrons. The number of likely N-dealkylation sites (N-methyl/N-ethyl adjacent to an activating group) is 1. The first-order valence-corrected chi connectivity index (χ1v) is 9.79. The van der Waals surface area contributed by atoms with Gasteiger partial charge < -0.3 is 14.5 Å². The summed E-state index contributed by atoms with van der Waals surface area (Å²) in [5.41, 5.74) is 2.07. The molecule has 0 aromatic heterocycles. The fraction of sp³-hybridized carbons (Fsp3) is 0.435. The van der Waals surface area contributed by atoms with E-state index < -0.39 is 0 Å². The summed E-state index contributed by atoms with van der Waals surface area (Å²) in [5, 5.41) is 2.96. The summed E-state index contributed by atoms with van der Waals surface area (Å²) >= 11 is 0. The number of rotatable bonds is 11. The molecule has 0 saturated heterocycles. The van der Waals surface area contributed by atoms with E-state index in [0.29, 0.717) is 18.7 Å². The smallest absolute Gasteiger partial charge is 0.251 e. The number of aryl methyl sites for hydroxylation is 1. The van der Waals surface area contributed by atoms with E-state index in [2.05, 4.69) is 56.8 Å². The SMILES string of the molecule is C[N+](C)(C)CCNC(=O)c1ccc(OCCCCCc2ccccc2)cc1. The third-order valence-corrected chi connectivity index (χ3v) is 4.41. The minimum atomic E-state index is -0.0316. The second-order valence-electron chi connectivity index (χ2n) is 7.94. The summed E-state index contributed by atoms with van der Waals surface area (Å²) in [5.74, 6) is 0.789. The highest BCUT2D eigenvalue weighted by molar-refractivity contribution is 5.94. The fourth-order valence-corrected chi connectivity index (χ4v) is 2.75. The Morgan fingerprint density at radius 1 is 0.926 bits per heavy atom. The van der Waals surface area contributed by atoms with E-state index in [4.69, 9.17) is 4.74 Å². The lowest BCUT2D eigenvalue weighted by Gasteiger charge is -2.23. The molecule has 2 rings (SSSR count). The van der Waals surface area contributed by atoms with Crippen LogP contribution in [0.2, 0.25) is 0 Å². The molecule has 0 aliphatic carbocycles. The Labute approximate surface area is 163 Å². The van der Waals surface area contributed by atoms with E-state index in [1.807, 2.05) is 24.3 Å². The van der Waals surface area contributed by atoms with Crippen molar-refractivity contribution < 1.29 is 14.0 Å². The van der Waals surface area contributed by atoms with Crippen LogP contribution in [0.3, 0.4) is 0 Å². The van der Waals surface area contributed by atoms with Crippen LogP contribution in [0.4, 0.5) is 0 Å². The topological polar surface area (TPSA) is 38.3 Å². The highest BCUT2D eigenvalue weighted by Gasteiger charge is 2.09. The number of nitrogens with one attached hydrogen (secondary N) is 1. The Morgan fingerprint density at radius 3 is 2.30 bits per heavy atom. The van der Waals surface area contributed by atoms with Gasteiger partial charge in [0.1, 0.15) is 5.75 Å². The Balaban J connectivity index is 1.61. The zero-order valence-electron chi connectivity index (χ0n) is 16.9. The summed E-state index contributed by atoms with van der Waals surface area (Å²) in [4.78, 5) is 12.1. The highest BCUT2D eigenvalue weighted by Crippen LogP contribution is 2.13. The molecule has 0 aliphatic rings. The third kappa shape index (κ3) is 8.74. The number of unbranched alkanes of at least 4 members (excludes halogenated alkanes) is 2. The molecule has 0 heterocycles. The maximum Gasteiger partial charge on any atom is 0.251 e. The first-order valence-electron chi connectivity index (χ1n) is 9.79. The van der Waals surface area contributed by atoms with Crippen molar-refractivity contribution in [2.45, 2.75) is 25.7 Å². The minimum Gasteiger partial charge on any atom is -0.494 e. The van der Waals surface area contributed by atoms with E-state index in [0.717, 1.165) is 36.0 Å². The van der Waals surface area contributed by atoms with Crippen LogP contribution in [-0.2, 0) is 6.42 Å². The molecule has 0 aliphatic heterocycles. The number of ether oxygens (including phenoxy) is 1. The number of hydrogen-bond acceptors (Lipinski definition) is 2. The van der Waals surface area contributed by atoms with Gasteiger partial charge in [-0.15, -0.1) is 0 Å². The molecule has 1 N–H and O–H groups in total. The predicted molar refractivity (Wildman–Crippen MR) is 111 cm³/mol. The molecule has 0 saturated carbocycles. The standard InChI is InChI=1S/C23H32N2O2/c1-25(2,3)18-17-24-23(26)21-13-15-22(16-14-21)27-19-9-5-8-12-20-10-6-4-7-11-20/h4,6-7,10-11,13-16H,5,8-9,12,17-19H2,1-3H3/p+1. The van der Waals surface area contributed by atoms with Crippen LogP contribution < -0.4 is 10.1 Å². The van der Waals surface area contributed by atoms with Crippen LogP contribution in [0.15, 0.2) is 54.6 Å². The molecule has 27 heavy (non-hydrogen) atoms. The predicted octanol–water partition coefficient (Wildman–Crippen LogP) is 3.91. The van der Waals surface area contributed by atoms with Gasteiger partial charge in [-0.3, -0.25) is 4.79 Å². The molecule has 0 unspecified atom stereocenters. The number of hydrogen-bond donors (Lipinski definition) is 1. The minimum absolute atomic E-state index is 0.0316. The molecule has 4 heteroatoms. The molecular formula is C23H33N2O2+. The molecule has 4 nitrogen and oxygen atoms in total. The van der Waals surface area contributed by atoms with Gasteiger partial charge in [0, 0.05) is 5.56 Å². The second-order valence-corrected chi connectivity index (χ2v) is 7.94. The molecule has 0 bridgehead atoms. The number of carbonyl (C=O) groups is 1. The lowest BCUT2D eigenvalue weighted by molar-refractivity contribution is -0.869. The average Bonchev–Trinajstić information content (AvgIpc) is 2.65. The van der Waals surface area contributed by atoms with Crippen molar-refractivity contribution in [3.05, 3.63) is 65.7 Å². The normalized spacial score (nSPS) is 11.2. The van der Waals surface area contributed by atoms with Gasteiger partial charge in [0.25, 0.3) is 5.91 Å². The fourth-order valence-electron chi connectivity index (χ4n) is 2.75. The lowest BCUT2D eigenvalue weighted by atomic mass is 10.1. The summed E-state index contributed by atoms with van der Waals surface area (Å²) in [6.07, 6.45) is 4.50. The summed E-state index contributed by atoms with van der Waals surface area (Å²) in [7, 11) is 6.33. The lowest BCUT2D eigenvalue weighted by Crippen LogP contribution is -2.41. The van der Waals surface area contributed by atoms with Gasteiger partial charge in [-0.05, 0) is 55.5 Å². The third-order valence-electron chi connectivity index (χ3n) is 4.41. The van der Waals surface area contributed by atoms with Crippen molar-refractivity contribution in [3.8, 4) is 5.75 Å². The quantitative estimate of drug-likeness (QED) is 0.482. The zero-order chi connectivity index (χ0) is 19.5. The molecule has 0 atom stereocenters. The molecule has 1 amide bonds. The van der Waals surface area contributed by atoms with Crippen molar-refractivity contribution >= 4 is 5.91 Å². The summed E-state index contributed by atoms with van der Waals surface area (Å²) in [6, 6.07) is 18.0. The maximum absolute atomic E-state index is 12.1. The van der Waals surface area contributed by atoms with Gasteiger partial charge in [0.2, 0.25) is 0 Å². The van der Waals surface area contributed by atoms with Gasteiger partial charge >= 0.3 is 0 Å². The molecule has 2 aromatic rings. The Hall–Kier alpha value is -2.33.